The highest BCUT2D eigenvalue weighted by molar-refractivity contribution is 6.71. The molecule has 0 aromatic rings. The van der Waals surface area contributed by atoms with Crippen LogP contribution in [0.25, 0.3) is 0 Å². The molecule has 130 heavy (non-hydrogen) atoms. The molecule has 100 saturated carbocycles. The molecule has 100 aliphatic rings. The minimum atomic E-state index is 1.10. The zero-order valence-corrected chi connectivity index (χ0v) is 70.0. The lowest BCUT2D eigenvalue weighted by Gasteiger charge is -3.72. The molecule has 582 valence electrons. The fourth-order valence-corrected chi connectivity index (χ4v) is 157. The van der Waals surface area contributed by atoms with Crippen LogP contribution in [-0.2, 0) is 0 Å². The summed E-state index contributed by atoms with van der Waals surface area (Å²) in [6.45, 7) is 0. The van der Waals surface area contributed by atoms with Gasteiger partial charge in [-0.3, -0.25) is 0 Å². The Bertz CT molecular complexity index is 9710. The molecule has 100 fully saturated rings. The van der Waals surface area contributed by atoms with Gasteiger partial charge in [-0.15, -0.1) is 0 Å². The molecule has 100 aliphatic carbocycles. The van der Waals surface area contributed by atoms with Crippen LogP contribution in [0.2, 0.25) is 0 Å². The van der Waals surface area contributed by atoms with Crippen LogP contribution in [0, 0.1) is 709 Å². The zero-order valence-electron chi connectivity index (χ0n) is 70.0. The SMILES string of the molecule is C1C2C3C4CC5C6C7C8C9C%10C%11C%12C%13C%14C%15C%16C%17C%18C%19C%20C%21C%22C%23C%24C%25C%26C%27C%28CC%29C%30C%31CC%32C%33C%34C%35C%36C%37C%38C%39C%40C%41C%42C%43C%44C%45C%46C%47C%48C%49C%50C%51C%52C%53C%54C1C21C32C45C63C74C85C96C%107C%118C%129C%13%10C%14%11C%15%12C%16%13C%17%14C%18%15C%19%16C%20%17C%21%18C%22%19C%23%20C%24%21C%25%22C%26%23C%27%24C%29%28C%30%25C%31%32C%33%26C%34%27C%35%28C%36%29C%37%30C%38%31C%39%32C%40%33C%41%34C%42%35C%43%36C%44%37C%45%38C%46%39C%47%40C%48%41C%49%42C%50%43C%51%44C%52%45C%53%46C%541C23C%464C%455C%446C%437C%428C%419C%40%10C%39%11C%38%12C%37%13C%36%14C%35%15C%34%16C%33%17C%32%18C%31%19C%30%20C%29%21C%28%22C%27%23C%25%26%24. The molecule has 100 atom stereocenters. The van der Waals surface area contributed by atoms with Gasteiger partial charge in [0.25, 0.3) is 0 Å². The first-order valence-electron chi connectivity index (χ1n) is 64.8. The van der Waals surface area contributed by atoms with Gasteiger partial charge in [-0.05, 0) is 735 Å². The van der Waals surface area contributed by atoms with Crippen molar-refractivity contribution in [2.24, 2.45) is 547 Å². The van der Waals surface area contributed by atoms with Gasteiger partial charge in [-0.2, -0.15) is 0 Å². The van der Waals surface area contributed by atoms with Crippen molar-refractivity contribution < 1.29 is 0 Å². The molecule has 0 heteroatoms. The highest BCUT2D eigenvalue weighted by Crippen LogP contribution is 3.86. The van der Waals surface area contributed by atoms with E-state index in [4.69, 9.17) is 0 Å². The Morgan fingerprint density at radius 3 is 0.269 bits per heavy atom. The average molecular weight is 1620 g/mol. The predicted molar refractivity (Wildman–Crippen MR) is 406 cm³/mol. The third kappa shape index (κ3) is 0.814. The second-order valence-electron chi connectivity index (χ2n) is 87.1. The zero-order chi connectivity index (χ0) is 70.0. The van der Waals surface area contributed by atoms with Gasteiger partial charge < -0.3 is 0 Å². The molecule has 0 saturated heterocycles. The fraction of sp³-hybridized carbons (Fsp3) is 1.00. The molecule has 72 spiro atoms. The van der Waals surface area contributed by atoms with Crippen molar-refractivity contribution in [2.75, 3.05) is 0 Å². The lowest BCUT2D eigenvalue weighted by Crippen LogP contribution is -3.69. The Morgan fingerprint density at radius 2 is 0.154 bits per heavy atom. The van der Waals surface area contributed by atoms with Gasteiger partial charge in [0.05, 0.1) is 0 Å². The van der Waals surface area contributed by atoms with Crippen LogP contribution < -0.4 is 0 Å². The maximum absolute atomic E-state index is 1.89. The van der Waals surface area contributed by atoms with E-state index in [-0.39, 0.29) is 0 Å². The van der Waals surface area contributed by atoms with Crippen LogP contribution in [0.5, 0.6) is 0 Å². The fourth-order valence-electron chi connectivity index (χ4n) is 157. The van der Waals surface area contributed by atoms with Crippen molar-refractivity contribution in [3.63, 3.8) is 0 Å². The molecular weight excluding hydrogens is 1560 g/mol. The van der Waals surface area contributed by atoms with E-state index >= 15 is 0 Å². The number of hydrogen-bond donors (Lipinski definition) is 0. The topological polar surface area (TPSA) is 0 Å². The second-order valence-corrected chi connectivity index (χ2v) is 87.1. The molecule has 100 rings (SSSR count). The van der Waals surface area contributed by atoms with E-state index in [0.717, 1.165) is 390 Å². The highest BCUT2D eigenvalue weighted by atomic mass is 15.8. The van der Waals surface area contributed by atoms with Gasteiger partial charge in [0.2, 0.25) is 0 Å². The first-order chi connectivity index (χ1) is 64.8. The lowest BCUT2D eigenvalue weighted by atomic mass is 8.30. The molecule has 0 aromatic heterocycles. The Labute approximate surface area is 729 Å². The molecule has 0 amide bonds. The van der Waals surface area contributed by atoms with Crippen LogP contribution in [0.3, 0.4) is 0 Å². The summed E-state index contributed by atoms with van der Waals surface area (Å²) in [7, 11) is 0. The summed E-state index contributed by atoms with van der Waals surface area (Å²) in [5.74, 6) is 78.5. The van der Waals surface area contributed by atoms with E-state index in [1.807, 2.05) is 25.7 Å². The third-order valence-corrected chi connectivity index (χ3v) is 120. The molecule has 0 aliphatic heterocycles. The normalized spacial score (nSPS) is 152. The average Bonchev–Trinajstić information content (AvgIpc) is 0.412. The Hall–Kier alpha value is 0. The number of fused-ring (bicyclic) bond motifs is 50. The Balaban J connectivity index is 0.407. The van der Waals surface area contributed by atoms with Crippen molar-refractivity contribution in [1.82, 2.24) is 0 Å². The summed E-state index contributed by atoms with van der Waals surface area (Å²) in [6, 6.07) is 0. The van der Waals surface area contributed by atoms with Gasteiger partial charge in [0.15, 0.2) is 0 Å². The van der Waals surface area contributed by atoms with E-state index in [9.17, 15) is 0 Å². The van der Waals surface area contributed by atoms with E-state index in [0.29, 0.717) is 0 Å². The third-order valence-electron chi connectivity index (χ3n) is 120. The van der Waals surface area contributed by atoms with Crippen LogP contribution >= 0.6 is 0 Å². The van der Waals surface area contributed by atoms with Crippen molar-refractivity contribution in [2.45, 2.75) is 25.7 Å². The van der Waals surface area contributed by atoms with E-state index in [2.05, 4.69) is 0 Å². The van der Waals surface area contributed by atoms with E-state index in [1.165, 1.54) is 320 Å². The lowest BCUT2D eigenvalue weighted by molar-refractivity contribution is -1.06. The quantitative estimate of drug-likeness (QED) is 0.227. The number of rotatable bonds is 0. The van der Waals surface area contributed by atoms with Gasteiger partial charge in [-0.1, -0.05) is 0 Å². The summed E-state index contributed by atoms with van der Waals surface area (Å²) in [4.78, 5) is 0. The molecule has 0 aromatic carbocycles. The first kappa shape index (κ1) is 41.3. The predicted octanol–water partition coefficient (Wildman–Crippen LogP) is 10.6. The van der Waals surface area contributed by atoms with Crippen LogP contribution in [0.4, 0.5) is 0 Å². The molecule has 0 bridgehead atoms. The maximum Gasteiger partial charge on any atom is -0.000715 e. The summed E-state index contributed by atoms with van der Waals surface area (Å²) in [5.41, 5.74) is 81.9. The van der Waals surface area contributed by atoms with E-state index < -0.39 is 0 Å². The molecular formula is C130H62. The largest absolute Gasteiger partial charge is 0.0458 e. The van der Waals surface area contributed by atoms with Crippen LogP contribution in [0.1, 0.15) is 25.7 Å². The van der Waals surface area contributed by atoms with Crippen LogP contribution in [-0.4, -0.2) is 0 Å². The summed E-state index contributed by atoms with van der Waals surface area (Å²) in [6.07, 6.45) is 7.58. The van der Waals surface area contributed by atoms with Crippen LogP contribution in [0.15, 0.2) is 0 Å². The van der Waals surface area contributed by atoms with Gasteiger partial charge in [-0.25, -0.2) is 0 Å². The van der Waals surface area contributed by atoms with Gasteiger partial charge in [0, 0.05) is 0 Å². The minimum Gasteiger partial charge on any atom is -0.0458 e. The second kappa shape index (κ2) is 5.91. The first-order valence-corrected chi connectivity index (χ1v) is 64.8. The summed E-state index contributed by atoms with van der Waals surface area (Å²) < 4.78 is 0. The molecule has 100 unspecified atom stereocenters. The molecule has 0 nitrogen and oxygen atoms in total. The van der Waals surface area contributed by atoms with E-state index in [1.54, 1.807) is 0 Å². The Morgan fingerprint density at radius 1 is 0.0692 bits per heavy atom. The van der Waals surface area contributed by atoms with Crippen molar-refractivity contribution >= 4 is 0 Å². The minimum absolute atomic E-state index is 1.10. The standard InChI is InChI=1S/C130H62/c1-5-13-6-2-10-16-20-24-28-32-36-40-44-48-53-57-58-54-50-46-42-38-34-30-26-22-18-12-4-8-14-7-3-11-17-21-25-29-33-37-41-45-49-52-56-55-51-47-43-39-35-31-27-23-19-15-9(1)59(5)63(13)60(6,10)66(16)70(20)74(24)78(28)82(32)86(36)90(40)94(44)98(48)102(53)107(57)108(58)104(54)100(50)96(46)92(42)88(38)84(34)80(30)76(26)72(22)68(18)62(8,12)64(14)61(7,11)67(17)71(21)75(25)79(29)83(33)87(37)91(41)95(45)99(49)103(52)106(56)105(55)101(51)97(47)93(43)89(39)85(35)81(31)77(27)73(23)69(19)65(15,59)109(63,66)111(69,70)113(73,74)115(77,78)117(81,82)119(85,86)121(89,90)123(93,94)125(97,98)127(101,102)129(105,107)130(106,108)128(103,104)126(99,100)124(95,96)122(91,92)120(87,88)118(83,84)116(79,80)114(75,76)112(71,72)110(64,67)68/h5-58H,1-4H2. The summed E-state index contributed by atoms with van der Waals surface area (Å²) in [5, 5.41) is 0. The monoisotopic (exact) mass is 1620 g/mol. The molecule has 0 radical (unpaired) electrons. The van der Waals surface area contributed by atoms with Gasteiger partial charge in [0.1, 0.15) is 0 Å². The van der Waals surface area contributed by atoms with Crippen molar-refractivity contribution in [3.8, 4) is 0 Å². The van der Waals surface area contributed by atoms with Crippen molar-refractivity contribution in [3.05, 3.63) is 162 Å². The summed E-state index contributed by atoms with van der Waals surface area (Å²) >= 11 is 0. The maximum atomic E-state index is 1.89. The Kier molecular flexibility index (Phi) is 1.88. The smallest absolute Gasteiger partial charge is 0.000715 e. The molecule has 0 heterocycles. The highest BCUT2D eigenvalue weighted by Gasteiger charge is 3.82. The van der Waals surface area contributed by atoms with Crippen molar-refractivity contribution in [1.29, 1.82) is 0 Å². The number of hydrogen-bond acceptors (Lipinski definition) is 0. The molecule has 0 N–H and O–H groups in total. The van der Waals surface area contributed by atoms with Gasteiger partial charge >= 0.3 is 0 Å².